The summed E-state index contributed by atoms with van der Waals surface area (Å²) in [7, 11) is 0. The summed E-state index contributed by atoms with van der Waals surface area (Å²) in [5.41, 5.74) is -0.0639. The Bertz CT molecular complexity index is 1150. The first-order valence-electron chi connectivity index (χ1n) is 11.2. The third-order valence-electron chi connectivity index (χ3n) is 6.80. The highest BCUT2D eigenvalue weighted by Crippen LogP contribution is 2.42. The van der Waals surface area contributed by atoms with Crippen molar-refractivity contribution in [2.24, 2.45) is 5.41 Å². The van der Waals surface area contributed by atoms with Gasteiger partial charge >= 0.3 is 6.18 Å². The lowest BCUT2D eigenvalue weighted by Gasteiger charge is -2.48. The van der Waals surface area contributed by atoms with Crippen molar-refractivity contribution in [3.05, 3.63) is 36.3 Å². The summed E-state index contributed by atoms with van der Waals surface area (Å²) in [5, 5.41) is 3.97. The molecule has 5 rings (SSSR count). The predicted octanol–water partition coefficient (Wildman–Crippen LogP) is 4.39. The Labute approximate surface area is 192 Å². The van der Waals surface area contributed by atoms with Gasteiger partial charge in [0.05, 0.1) is 12.4 Å². The van der Waals surface area contributed by atoms with E-state index in [9.17, 15) is 22.0 Å². The van der Waals surface area contributed by atoms with Gasteiger partial charge in [0.25, 0.3) is 6.43 Å². The van der Waals surface area contributed by atoms with Crippen LogP contribution in [0.5, 0.6) is 0 Å². The zero-order valence-electron chi connectivity index (χ0n) is 18.3. The molecule has 34 heavy (non-hydrogen) atoms. The van der Waals surface area contributed by atoms with E-state index in [-0.39, 0.29) is 5.41 Å². The van der Waals surface area contributed by atoms with Crippen molar-refractivity contribution >= 4 is 22.8 Å². The molecule has 2 aliphatic heterocycles. The molecule has 3 aromatic heterocycles. The Kier molecular flexibility index (Phi) is 5.76. The van der Waals surface area contributed by atoms with E-state index < -0.39 is 24.8 Å². The van der Waals surface area contributed by atoms with Crippen LogP contribution in [-0.4, -0.2) is 57.3 Å². The molecule has 2 saturated heterocycles. The molecular weight excluding hydrogens is 457 g/mol. The van der Waals surface area contributed by atoms with Crippen LogP contribution in [0, 0.1) is 5.41 Å². The number of alkyl halides is 5. The highest BCUT2D eigenvalue weighted by atomic mass is 19.4. The number of rotatable bonds is 4. The number of hydrogen-bond acceptors (Lipinski definition) is 6. The van der Waals surface area contributed by atoms with E-state index in [0.29, 0.717) is 35.9 Å². The van der Waals surface area contributed by atoms with Gasteiger partial charge in [-0.05, 0) is 43.2 Å². The maximum absolute atomic E-state index is 13.0. The SMILES string of the molecule is FC(F)Cn1ncc2ncc(N3CCCC4(CCN(c5cccc(C(F)(F)F)n5)CC4)C3)nc21. The molecule has 7 nitrogen and oxygen atoms in total. The lowest BCUT2D eigenvalue weighted by atomic mass is 9.72. The van der Waals surface area contributed by atoms with Crippen LogP contribution in [0.2, 0.25) is 0 Å². The average Bonchev–Trinajstić information content (AvgIpc) is 3.20. The van der Waals surface area contributed by atoms with Crippen LogP contribution in [0.3, 0.4) is 0 Å². The van der Waals surface area contributed by atoms with E-state index in [1.54, 1.807) is 12.3 Å². The minimum Gasteiger partial charge on any atom is -0.357 e. The van der Waals surface area contributed by atoms with Gasteiger partial charge < -0.3 is 9.80 Å². The number of anilines is 2. The lowest BCUT2D eigenvalue weighted by Crippen LogP contribution is -2.50. The molecule has 0 amide bonds. The van der Waals surface area contributed by atoms with E-state index in [2.05, 4.69) is 25.0 Å². The first-order chi connectivity index (χ1) is 16.2. The molecule has 0 N–H and O–H groups in total. The Morgan fingerprint density at radius 1 is 0.941 bits per heavy atom. The molecule has 3 aromatic rings. The van der Waals surface area contributed by atoms with Crippen molar-refractivity contribution in [3.63, 3.8) is 0 Å². The summed E-state index contributed by atoms with van der Waals surface area (Å²) in [6.07, 6.45) is -0.320. The molecule has 0 saturated carbocycles. The average molecular weight is 481 g/mol. The zero-order chi connectivity index (χ0) is 23.9. The molecule has 0 aromatic carbocycles. The predicted molar refractivity (Wildman–Crippen MR) is 116 cm³/mol. The molecule has 5 heterocycles. The number of hydrogen-bond donors (Lipinski definition) is 0. The van der Waals surface area contributed by atoms with E-state index >= 15 is 0 Å². The van der Waals surface area contributed by atoms with Gasteiger partial charge in [-0.3, -0.25) is 0 Å². The summed E-state index contributed by atoms with van der Waals surface area (Å²) in [6, 6.07) is 4.00. The van der Waals surface area contributed by atoms with Crippen molar-refractivity contribution in [1.82, 2.24) is 24.7 Å². The smallest absolute Gasteiger partial charge is 0.357 e. The van der Waals surface area contributed by atoms with Crippen LogP contribution < -0.4 is 9.80 Å². The van der Waals surface area contributed by atoms with Crippen LogP contribution in [0.4, 0.5) is 33.6 Å². The number of pyridine rings is 1. The summed E-state index contributed by atoms with van der Waals surface area (Å²) in [6.45, 7) is 2.22. The topological polar surface area (TPSA) is 63.0 Å². The molecule has 0 unspecified atom stereocenters. The monoisotopic (exact) mass is 481 g/mol. The molecule has 2 fully saturated rings. The molecule has 0 atom stereocenters. The number of halogens is 5. The molecule has 0 radical (unpaired) electrons. The van der Waals surface area contributed by atoms with Gasteiger partial charge in [0.2, 0.25) is 0 Å². The van der Waals surface area contributed by atoms with Crippen molar-refractivity contribution in [3.8, 4) is 0 Å². The standard InChI is InChI=1S/C22H24F5N7/c23-17(24)13-34-20-15(11-29-34)28-12-19(31-20)33-8-2-5-21(14-33)6-9-32(10-7-21)18-4-1-3-16(30-18)22(25,26)27/h1,3-4,11-12,17H,2,5-10,13-14H2. The third kappa shape index (κ3) is 4.49. The van der Waals surface area contributed by atoms with Crippen LogP contribution >= 0.6 is 0 Å². The second kappa shape index (κ2) is 8.62. The van der Waals surface area contributed by atoms with Gasteiger partial charge in [-0.25, -0.2) is 28.4 Å². The first-order valence-corrected chi connectivity index (χ1v) is 11.2. The van der Waals surface area contributed by atoms with Gasteiger partial charge in [0, 0.05) is 26.2 Å². The van der Waals surface area contributed by atoms with Crippen molar-refractivity contribution < 1.29 is 22.0 Å². The Morgan fingerprint density at radius 3 is 2.47 bits per heavy atom. The van der Waals surface area contributed by atoms with Gasteiger partial charge in [0.15, 0.2) is 5.65 Å². The van der Waals surface area contributed by atoms with Gasteiger partial charge in [0.1, 0.15) is 29.4 Å². The van der Waals surface area contributed by atoms with Crippen molar-refractivity contribution in [2.75, 3.05) is 36.0 Å². The molecule has 0 bridgehead atoms. The quantitative estimate of drug-likeness (QED) is 0.515. The molecule has 12 heteroatoms. The highest BCUT2D eigenvalue weighted by molar-refractivity contribution is 5.71. The van der Waals surface area contributed by atoms with Crippen LogP contribution in [-0.2, 0) is 12.7 Å². The fourth-order valence-electron chi connectivity index (χ4n) is 5.04. The maximum Gasteiger partial charge on any atom is 0.433 e. The van der Waals surface area contributed by atoms with Crippen molar-refractivity contribution in [2.45, 2.75) is 44.8 Å². The van der Waals surface area contributed by atoms with Crippen LogP contribution in [0.15, 0.2) is 30.6 Å². The highest BCUT2D eigenvalue weighted by Gasteiger charge is 2.40. The Balaban J connectivity index is 1.30. The van der Waals surface area contributed by atoms with E-state index in [1.807, 2.05) is 4.90 Å². The van der Waals surface area contributed by atoms with Gasteiger partial charge in [-0.15, -0.1) is 0 Å². The number of fused-ring (bicyclic) bond motifs is 1. The van der Waals surface area contributed by atoms with E-state index in [1.165, 1.54) is 16.9 Å². The van der Waals surface area contributed by atoms with Gasteiger partial charge in [-0.1, -0.05) is 6.07 Å². The molecule has 2 aliphatic rings. The summed E-state index contributed by atoms with van der Waals surface area (Å²) in [4.78, 5) is 16.8. The molecule has 1 spiro atoms. The second-order valence-electron chi connectivity index (χ2n) is 9.05. The molecular formula is C22H24F5N7. The maximum atomic E-state index is 13.0. The number of nitrogens with zero attached hydrogens (tertiary/aromatic N) is 7. The van der Waals surface area contributed by atoms with E-state index in [4.69, 9.17) is 0 Å². The Hall–Kier alpha value is -3.05. The van der Waals surface area contributed by atoms with Crippen LogP contribution in [0.1, 0.15) is 31.4 Å². The summed E-state index contributed by atoms with van der Waals surface area (Å²) < 4.78 is 66.1. The summed E-state index contributed by atoms with van der Waals surface area (Å²) >= 11 is 0. The van der Waals surface area contributed by atoms with Crippen molar-refractivity contribution in [1.29, 1.82) is 0 Å². The number of piperidine rings is 2. The Morgan fingerprint density at radius 2 is 1.74 bits per heavy atom. The minimum atomic E-state index is -4.47. The normalized spacial score (nSPS) is 18.9. The molecule has 0 aliphatic carbocycles. The van der Waals surface area contributed by atoms with Gasteiger partial charge in [-0.2, -0.15) is 18.3 Å². The third-order valence-corrected chi connectivity index (χ3v) is 6.80. The number of aromatic nitrogens is 5. The van der Waals surface area contributed by atoms with E-state index in [0.717, 1.165) is 44.8 Å². The fourth-order valence-corrected chi connectivity index (χ4v) is 5.04. The first kappa shape index (κ1) is 22.7. The van der Waals surface area contributed by atoms with Crippen LogP contribution in [0.25, 0.3) is 11.2 Å². The summed E-state index contributed by atoms with van der Waals surface area (Å²) in [5.74, 6) is 0.977. The fraction of sp³-hybridized carbons (Fsp3) is 0.545. The second-order valence-corrected chi connectivity index (χ2v) is 9.05. The minimum absolute atomic E-state index is 0.0102. The zero-order valence-corrected chi connectivity index (χ0v) is 18.3. The largest absolute Gasteiger partial charge is 0.433 e. The lowest BCUT2D eigenvalue weighted by molar-refractivity contribution is -0.141. The molecule has 182 valence electrons.